The van der Waals surface area contributed by atoms with Crippen LogP contribution in [-0.4, -0.2) is 219 Å². The molecule has 0 aliphatic rings. The molecule has 0 unspecified atom stereocenters. The Balaban J connectivity index is -0.000000000294. The molecule has 0 saturated heterocycles. The van der Waals surface area contributed by atoms with Gasteiger partial charge in [-0.1, -0.05) is 0 Å². The minimum Gasteiger partial charge on any atom is 2.00 e. The molecule has 0 spiro atoms. The third kappa shape index (κ3) is 77.0. The summed E-state index contributed by atoms with van der Waals surface area (Å²) in [6.45, 7) is 0. The zero-order chi connectivity index (χ0) is 3.58. The van der Waals surface area contributed by atoms with Crippen molar-refractivity contribution < 1.29 is 109 Å². The van der Waals surface area contributed by atoms with Gasteiger partial charge in [0.2, 0.25) is 0 Å². The normalized spacial score (nSPS) is 2.00. The molecule has 56 valence electrons. The smallest absolute Gasteiger partial charge is 2.00 e. The molecule has 2 radical (unpaired) electrons. The molecular formula is H17AlBaCaKMgNaO3PbSiSr. The minimum absolute atomic E-state index is 0. The van der Waals surface area contributed by atoms with Gasteiger partial charge in [0, 0.05) is 0 Å². The fourth-order valence-corrected chi connectivity index (χ4v) is 0. The topological polar surface area (TPSA) is 57.5 Å². The summed E-state index contributed by atoms with van der Waals surface area (Å²) in [5.41, 5.74) is 0. The Morgan fingerprint density at radius 1 is 1.25 bits per heavy atom. The van der Waals surface area contributed by atoms with E-state index >= 15 is 0 Å². The first kappa shape index (κ1) is 58.6. The van der Waals surface area contributed by atoms with Crippen LogP contribution in [0.5, 0.6) is 0 Å². The van der Waals surface area contributed by atoms with Gasteiger partial charge in [-0.05, 0) is 0 Å². The Morgan fingerprint density at radius 3 is 1.25 bits per heavy atom. The van der Waals surface area contributed by atoms with Crippen LogP contribution in [-0.2, 0) is 4.46 Å². The molecule has 0 aromatic rings. The van der Waals surface area contributed by atoms with Crippen molar-refractivity contribution in [3.8, 4) is 0 Å². The molecule has 0 aromatic carbocycles. The molecule has 0 atom stereocenters. The summed E-state index contributed by atoms with van der Waals surface area (Å²) < 4.78 is 8.74. The second-order valence-electron chi connectivity index (χ2n) is 0.283. The quantitative estimate of drug-likeness (QED) is 0.251. The summed E-state index contributed by atoms with van der Waals surface area (Å²) in [6, 6.07) is 0. The van der Waals surface area contributed by atoms with Crippen LogP contribution < -0.4 is 80.9 Å². The van der Waals surface area contributed by atoms with E-state index in [1.165, 1.54) is 0 Å². The van der Waals surface area contributed by atoms with Crippen molar-refractivity contribution in [1.29, 1.82) is 0 Å². The van der Waals surface area contributed by atoms with E-state index in [0.717, 1.165) is 0 Å². The molecule has 0 fully saturated rings. The number of rotatable bonds is 0. The van der Waals surface area contributed by atoms with Crippen LogP contribution >= 0.6 is 0 Å². The van der Waals surface area contributed by atoms with Crippen LogP contribution in [0.25, 0.3) is 0 Å². The van der Waals surface area contributed by atoms with Gasteiger partial charge in [0.05, 0.1) is 0 Å². The van der Waals surface area contributed by atoms with Gasteiger partial charge in [0.1, 0.15) is 0 Å². The summed E-state index contributed by atoms with van der Waals surface area (Å²) in [7, 11) is -3.13. The first-order chi connectivity index (χ1) is 1.73. The average molecular weight is 679 g/mol. The summed E-state index contributed by atoms with van der Waals surface area (Å²) >= 11 is 0. The van der Waals surface area contributed by atoms with Crippen molar-refractivity contribution in [1.82, 2.24) is 0 Å². The average Bonchev–Trinajstić information content (AvgIpc) is 0.811. The summed E-state index contributed by atoms with van der Waals surface area (Å²) in [6.07, 6.45) is 0. The van der Waals surface area contributed by atoms with E-state index in [9.17, 15) is 0 Å². The van der Waals surface area contributed by atoms with Crippen LogP contribution in [0.2, 0.25) is 0 Å². The van der Waals surface area contributed by atoms with Crippen molar-refractivity contribution in [2.24, 2.45) is 0 Å². The molecule has 0 aliphatic heterocycles. The Hall–Kier alpha value is 8.79. The maximum Gasteiger partial charge on any atom is 2.00 e. The van der Waals surface area contributed by atoms with Gasteiger partial charge in [-0.2, -0.15) is 0 Å². The Kier molecular flexibility index (Phi) is 245. The van der Waals surface area contributed by atoms with Gasteiger partial charge in [-0.25, -0.2) is 0 Å². The molecule has 0 aromatic heterocycles. The molecule has 0 saturated carbocycles. The second kappa shape index (κ2) is 50.3. The van der Waals surface area contributed by atoms with Gasteiger partial charge in [0.15, 0.2) is 17.4 Å². The van der Waals surface area contributed by atoms with Gasteiger partial charge >= 0.3 is 273 Å². The standard InChI is InChI=1S/Al.Ba.Ca.K.Mg.Na.H2O3Si.Pb.Sr.15H/c;;;;;;1-4(2)3;;;;;;;;;;;;;;;;;/h;;;;;;1-2H;;;;;;;;;;;;;;;;;/q;2*+2;+1;+2;+1;;;+2;;;;;;10*-1. The summed E-state index contributed by atoms with van der Waals surface area (Å²) in [4.78, 5) is 14.3. The van der Waals surface area contributed by atoms with E-state index in [1.54, 1.807) is 0 Å². The van der Waals surface area contributed by atoms with Gasteiger partial charge < -0.3 is 23.9 Å². The molecule has 0 bridgehead atoms. The predicted octanol–water partition coefficient (Wildman–Crippen LogP) is -10.1. The van der Waals surface area contributed by atoms with E-state index in [4.69, 9.17) is 14.1 Å². The molecule has 12 heteroatoms. The molecule has 0 amide bonds. The maximum atomic E-state index is 8.74. The molecule has 0 rings (SSSR count). The number of hydrogen-bond acceptors (Lipinski definition) is 1. The van der Waals surface area contributed by atoms with Crippen LogP contribution in [0.4, 0.5) is 0 Å². The van der Waals surface area contributed by atoms with Gasteiger partial charge in [0.25, 0.3) is 0 Å². The molecule has 3 nitrogen and oxygen atoms in total. The molecule has 12 heavy (non-hydrogen) atoms. The third-order valence-electron chi connectivity index (χ3n) is 0. The summed E-state index contributed by atoms with van der Waals surface area (Å²) in [5, 5.41) is 0. The van der Waals surface area contributed by atoms with Crippen LogP contribution in [0.3, 0.4) is 0 Å². The Bertz CT molecular complexity index is 83.2. The van der Waals surface area contributed by atoms with Crippen molar-refractivity contribution >= 4 is 209 Å². The van der Waals surface area contributed by atoms with E-state index in [2.05, 4.69) is 0 Å². The number of hydrogen-bond donors (Lipinski definition) is 2. The fourth-order valence-electron chi connectivity index (χ4n) is 0. The molecule has 0 heterocycles. The molecule has 0 aliphatic carbocycles. The molecular weight excluding hydrogens is 662 g/mol. The van der Waals surface area contributed by atoms with E-state index < -0.39 is 9.17 Å². The van der Waals surface area contributed by atoms with E-state index in [-0.39, 0.29) is 295 Å². The van der Waals surface area contributed by atoms with E-state index in [1.807, 2.05) is 0 Å². The zero-order valence-corrected chi connectivity index (χ0v) is 30.5. The summed E-state index contributed by atoms with van der Waals surface area (Å²) in [5.74, 6) is 0. The van der Waals surface area contributed by atoms with Crippen molar-refractivity contribution in [2.45, 2.75) is 0 Å². The first-order valence-corrected chi connectivity index (χ1v) is 1.95. The Morgan fingerprint density at radius 2 is 1.25 bits per heavy atom. The van der Waals surface area contributed by atoms with Crippen LogP contribution in [0, 0.1) is 0 Å². The zero-order valence-electron chi connectivity index (χ0n) is 17.3. The second-order valence-corrected chi connectivity index (χ2v) is 0.848. The first-order valence-electron chi connectivity index (χ1n) is 0.651. The third-order valence-corrected chi connectivity index (χ3v) is 0. The van der Waals surface area contributed by atoms with Gasteiger partial charge in [-0.3, -0.25) is 4.46 Å². The minimum atomic E-state index is -3.13. The van der Waals surface area contributed by atoms with Gasteiger partial charge in [-0.15, -0.1) is 0 Å². The fraction of sp³-hybridized carbons (Fsp3) is 0. The van der Waals surface area contributed by atoms with Crippen molar-refractivity contribution in [3.05, 3.63) is 0 Å². The Labute approximate surface area is 308 Å². The molecule has 2 N–H and O–H groups in total. The van der Waals surface area contributed by atoms with Crippen molar-refractivity contribution in [2.75, 3.05) is 0 Å². The van der Waals surface area contributed by atoms with E-state index in [0.29, 0.717) is 0 Å². The SMILES string of the molecule is O=[Si](O)O.[AlH3].[Ba+2].[Ca+2].[H-].[H-].[H-].[H-].[H-].[H-].[H-].[H-].[H-].[H-].[K+].[Mg+2].[Na+].[PbH2].[Sr+2]. The maximum absolute atomic E-state index is 8.74. The van der Waals surface area contributed by atoms with Crippen molar-refractivity contribution in [3.63, 3.8) is 0 Å². The van der Waals surface area contributed by atoms with Crippen LogP contribution in [0.15, 0.2) is 0 Å². The monoisotopic (exact) mass is 680 g/mol. The van der Waals surface area contributed by atoms with Crippen LogP contribution in [0.1, 0.15) is 14.3 Å². The predicted molar refractivity (Wildman–Crippen MR) is 63.5 cm³/mol. The largest absolute Gasteiger partial charge is 2.00 e.